The standard InChI is InChI=1S/C21H21N5O3S/c1-12-5-7-15(8-6-12)28-10-17-14(3)29-25-19(17)20(27)23-21-22-18(11-30-21)16-9-26(4)24-13(16)2/h5-9,11H,10H2,1-4H3,(H,22,23,27). The monoisotopic (exact) mass is 423 g/mol. The smallest absolute Gasteiger partial charge is 0.280 e. The van der Waals surface area contributed by atoms with Gasteiger partial charge in [-0.25, -0.2) is 4.98 Å². The molecule has 0 aliphatic heterocycles. The van der Waals surface area contributed by atoms with E-state index in [4.69, 9.17) is 9.26 Å². The Bertz CT molecular complexity index is 1190. The fourth-order valence-electron chi connectivity index (χ4n) is 2.99. The molecule has 0 aliphatic rings. The SMILES string of the molecule is Cc1ccc(OCc2c(C(=O)Nc3nc(-c4cn(C)nc4C)cs3)noc2C)cc1. The Labute approximate surface area is 177 Å². The summed E-state index contributed by atoms with van der Waals surface area (Å²) < 4.78 is 12.8. The number of aromatic nitrogens is 4. The second-order valence-corrected chi connectivity index (χ2v) is 7.82. The summed E-state index contributed by atoms with van der Waals surface area (Å²) >= 11 is 1.34. The lowest BCUT2D eigenvalue weighted by atomic mass is 10.2. The normalized spacial score (nSPS) is 10.9. The van der Waals surface area contributed by atoms with Crippen molar-refractivity contribution in [2.24, 2.45) is 7.05 Å². The molecule has 1 aromatic carbocycles. The van der Waals surface area contributed by atoms with E-state index in [2.05, 4.69) is 20.6 Å². The number of anilines is 1. The van der Waals surface area contributed by atoms with Gasteiger partial charge in [-0.15, -0.1) is 11.3 Å². The van der Waals surface area contributed by atoms with Gasteiger partial charge in [-0.05, 0) is 32.9 Å². The van der Waals surface area contributed by atoms with E-state index in [1.165, 1.54) is 11.3 Å². The molecule has 0 saturated carbocycles. The zero-order chi connectivity index (χ0) is 21.3. The molecule has 3 heterocycles. The molecular formula is C21H21N5O3S. The van der Waals surface area contributed by atoms with Crippen LogP contribution < -0.4 is 10.1 Å². The molecule has 9 heteroatoms. The fourth-order valence-corrected chi connectivity index (χ4v) is 3.70. The second-order valence-electron chi connectivity index (χ2n) is 6.96. The van der Waals surface area contributed by atoms with Crippen molar-refractivity contribution in [1.82, 2.24) is 19.9 Å². The average molecular weight is 423 g/mol. The van der Waals surface area contributed by atoms with Gasteiger partial charge in [-0.3, -0.25) is 14.8 Å². The highest BCUT2D eigenvalue weighted by Crippen LogP contribution is 2.27. The van der Waals surface area contributed by atoms with Crippen LogP contribution in [0.1, 0.15) is 33.1 Å². The van der Waals surface area contributed by atoms with E-state index in [0.29, 0.717) is 22.2 Å². The summed E-state index contributed by atoms with van der Waals surface area (Å²) in [4.78, 5) is 17.3. The van der Waals surface area contributed by atoms with Crippen molar-refractivity contribution in [2.45, 2.75) is 27.4 Å². The van der Waals surface area contributed by atoms with E-state index in [1.807, 2.05) is 56.7 Å². The summed E-state index contributed by atoms with van der Waals surface area (Å²) in [7, 11) is 1.86. The molecule has 0 unspecified atom stereocenters. The van der Waals surface area contributed by atoms with Crippen molar-refractivity contribution in [3.05, 3.63) is 64.1 Å². The molecule has 1 amide bonds. The van der Waals surface area contributed by atoms with Crippen LogP contribution in [0.5, 0.6) is 5.75 Å². The highest BCUT2D eigenvalue weighted by atomic mass is 32.1. The molecule has 4 rings (SSSR count). The molecule has 0 atom stereocenters. The highest BCUT2D eigenvalue weighted by Gasteiger charge is 2.22. The van der Waals surface area contributed by atoms with Gasteiger partial charge in [0.2, 0.25) is 0 Å². The summed E-state index contributed by atoms with van der Waals surface area (Å²) in [5.74, 6) is 0.861. The number of carbonyl (C=O) groups excluding carboxylic acids is 1. The Morgan fingerprint density at radius 3 is 2.70 bits per heavy atom. The van der Waals surface area contributed by atoms with Crippen LogP contribution >= 0.6 is 11.3 Å². The van der Waals surface area contributed by atoms with Crippen molar-refractivity contribution in [3.8, 4) is 17.0 Å². The minimum absolute atomic E-state index is 0.180. The number of nitrogens with zero attached hydrogens (tertiary/aromatic N) is 4. The van der Waals surface area contributed by atoms with Gasteiger partial charge in [-0.1, -0.05) is 22.9 Å². The van der Waals surface area contributed by atoms with Gasteiger partial charge in [0.15, 0.2) is 10.8 Å². The third-order valence-electron chi connectivity index (χ3n) is 4.62. The van der Waals surface area contributed by atoms with Crippen LogP contribution in [0, 0.1) is 20.8 Å². The van der Waals surface area contributed by atoms with E-state index in [9.17, 15) is 4.79 Å². The Hall–Kier alpha value is -3.46. The summed E-state index contributed by atoms with van der Waals surface area (Å²) in [6.07, 6.45) is 1.90. The number of ether oxygens (including phenoxy) is 1. The van der Waals surface area contributed by atoms with E-state index >= 15 is 0 Å². The Morgan fingerprint density at radius 1 is 1.23 bits per heavy atom. The summed E-state index contributed by atoms with van der Waals surface area (Å²) in [6, 6.07) is 7.70. The van der Waals surface area contributed by atoms with Crippen LogP contribution in [0.2, 0.25) is 0 Å². The maximum Gasteiger partial charge on any atom is 0.280 e. The maximum atomic E-state index is 12.8. The molecule has 3 aromatic heterocycles. The predicted octanol–water partition coefficient (Wildman–Crippen LogP) is 4.29. The minimum atomic E-state index is -0.391. The minimum Gasteiger partial charge on any atom is -0.489 e. The van der Waals surface area contributed by atoms with Crippen LogP contribution in [0.4, 0.5) is 5.13 Å². The van der Waals surface area contributed by atoms with Crippen LogP contribution in [-0.2, 0) is 13.7 Å². The van der Waals surface area contributed by atoms with Crippen molar-refractivity contribution in [2.75, 3.05) is 5.32 Å². The molecular weight excluding hydrogens is 402 g/mol. The summed E-state index contributed by atoms with van der Waals surface area (Å²) in [5, 5.41) is 13.4. The highest BCUT2D eigenvalue weighted by molar-refractivity contribution is 7.14. The van der Waals surface area contributed by atoms with E-state index in [0.717, 1.165) is 22.5 Å². The summed E-state index contributed by atoms with van der Waals surface area (Å²) in [6.45, 7) is 5.87. The first-order chi connectivity index (χ1) is 14.4. The molecule has 0 radical (unpaired) electrons. The van der Waals surface area contributed by atoms with Crippen LogP contribution in [0.25, 0.3) is 11.3 Å². The lowest BCUT2D eigenvalue weighted by Crippen LogP contribution is -2.15. The third kappa shape index (κ3) is 4.11. The fraction of sp³-hybridized carbons (Fsp3) is 0.238. The lowest BCUT2D eigenvalue weighted by molar-refractivity contribution is 0.101. The first-order valence-corrected chi connectivity index (χ1v) is 10.2. The van der Waals surface area contributed by atoms with E-state index in [-0.39, 0.29) is 12.3 Å². The van der Waals surface area contributed by atoms with Gasteiger partial charge in [0.05, 0.1) is 17.0 Å². The van der Waals surface area contributed by atoms with Gasteiger partial charge in [-0.2, -0.15) is 5.10 Å². The number of thiazole rings is 1. The molecule has 0 bridgehead atoms. The van der Waals surface area contributed by atoms with Crippen LogP contribution in [0.15, 0.2) is 40.4 Å². The predicted molar refractivity (Wildman–Crippen MR) is 114 cm³/mol. The molecule has 0 aliphatic carbocycles. The molecule has 0 saturated heterocycles. The van der Waals surface area contributed by atoms with Crippen molar-refractivity contribution >= 4 is 22.4 Å². The van der Waals surface area contributed by atoms with Crippen LogP contribution in [-0.4, -0.2) is 25.8 Å². The van der Waals surface area contributed by atoms with Crippen LogP contribution in [0.3, 0.4) is 0 Å². The number of nitrogens with one attached hydrogen (secondary N) is 1. The van der Waals surface area contributed by atoms with Gasteiger partial charge >= 0.3 is 0 Å². The van der Waals surface area contributed by atoms with Gasteiger partial charge in [0.25, 0.3) is 5.91 Å². The second kappa shape index (κ2) is 8.11. The number of carbonyl (C=O) groups is 1. The van der Waals surface area contributed by atoms with Crippen molar-refractivity contribution in [3.63, 3.8) is 0 Å². The van der Waals surface area contributed by atoms with E-state index < -0.39 is 5.91 Å². The Morgan fingerprint density at radius 2 is 2.00 bits per heavy atom. The number of rotatable bonds is 6. The number of amides is 1. The number of hydrogen-bond donors (Lipinski definition) is 1. The van der Waals surface area contributed by atoms with Crippen molar-refractivity contribution < 1.29 is 14.1 Å². The van der Waals surface area contributed by atoms with Gasteiger partial charge in [0.1, 0.15) is 18.1 Å². The molecule has 0 fully saturated rings. The maximum absolute atomic E-state index is 12.8. The number of benzene rings is 1. The zero-order valence-corrected chi connectivity index (χ0v) is 17.9. The molecule has 1 N–H and O–H groups in total. The van der Waals surface area contributed by atoms with E-state index in [1.54, 1.807) is 11.6 Å². The molecule has 154 valence electrons. The third-order valence-corrected chi connectivity index (χ3v) is 5.38. The zero-order valence-electron chi connectivity index (χ0n) is 17.1. The lowest BCUT2D eigenvalue weighted by Gasteiger charge is -2.07. The van der Waals surface area contributed by atoms with Crippen molar-refractivity contribution in [1.29, 1.82) is 0 Å². The molecule has 0 spiro atoms. The Kier molecular flexibility index (Phi) is 5.37. The average Bonchev–Trinajstić information content (AvgIpc) is 3.40. The summed E-state index contributed by atoms with van der Waals surface area (Å²) in [5.41, 5.74) is 4.51. The first kappa shape index (κ1) is 19.8. The molecule has 4 aromatic rings. The first-order valence-electron chi connectivity index (χ1n) is 9.33. The quantitative estimate of drug-likeness (QED) is 0.497. The Balaban J connectivity index is 1.48. The number of aryl methyl sites for hydroxylation is 4. The topological polar surface area (TPSA) is 95.1 Å². The largest absolute Gasteiger partial charge is 0.489 e. The molecule has 8 nitrogen and oxygen atoms in total. The number of hydrogen-bond acceptors (Lipinski definition) is 7. The molecule has 30 heavy (non-hydrogen) atoms. The van der Waals surface area contributed by atoms with Gasteiger partial charge < -0.3 is 9.26 Å². The van der Waals surface area contributed by atoms with Gasteiger partial charge in [0, 0.05) is 24.2 Å².